The summed E-state index contributed by atoms with van der Waals surface area (Å²) in [5.41, 5.74) is 1.64. The topological polar surface area (TPSA) is 111 Å². The van der Waals surface area contributed by atoms with Gasteiger partial charge in [0.15, 0.2) is 13.9 Å². The fraction of sp³-hybridized carbons (Fsp3) is 0.400. The van der Waals surface area contributed by atoms with Crippen molar-refractivity contribution in [1.29, 1.82) is 0 Å². The van der Waals surface area contributed by atoms with Crippen molar-refractivity contribution in [2.24, 2.45) is 5.92 Å². The van der Waals surface area contributed by atoms with E-state index in [0.717, 1.165) is 24.8 Å². The number of benzene rings is 3. The summed E-state index contributed by atoms with van der Waals surface area (Å²) in [7, 11) is -3.00. The molecule has 6 rings (SSSR count). The Bertz CT molecular complexity index is 1560. The van der Waals surface area contributed by atoms with Gasteiger partial charge in [0, 0.05) is 34.9 Å². The summed E-state index contributed by atoms with van der Waals surface area (Å²) in [4.78, 5) is 57.5. The number of hydrogen-bond acceptors (Lipinski definition) is 6. The van der Waals surface area contributed by atoms with Gasteiger partial charge in [0.1, 0.15) is 0 Å². The maximum Gasteiger partial charge on any atom is 0.264 e. The van der Waals surface area contributed by atoms with Crippen molar-refractivity contribution in [3.8, 4) is 0 Å². The van der Waals surface area contributed by atoms with Crippen LogP contribution in [0, 0.1) is 5.92 Å². The van der Waals surface area contributed by atoms with Gasteiger partial charge >= 0.3 is 0 Å². The number of likely N-dealkylation sites (tertiary alicyclic amines) is 1. The third-order valence-electron chi connectivity index (χ3n) is 9.85. The quantitative estimate of drug-likeness (QED) is 0.263. The molecule has 3 amide bonds. The molecular formula is C35H41N3O6Si. The molecule has 3 aromatic carbocycles. The van der Waals surface area contributed by atoms with Gasteiger partial charge in [-0.2, -0.15) is 0 Å². The third-order valence-corrected chi connectivity index (χ3v) is 12.4. The lowest BCUT2D eigenvalue weighted by molar-refractivity contribution is -0.150. The molecular weight excluding hydrogens is 586 g/mol. The first-order chi connectivity index (χ1) is 21.6. The summed E-state index contributed by atoms with van der Waals surface area (Å²) in [5, 5.41) is 9.87. The number of nitrogens with zero attached hydrogens (tertiary/aromatic N) is 3. The van der Waals surface area contributed by atoms with E-state index in [9.17, 15) is 24.3 Å². The fourth-order valence-corrected chi connectivity index (χ4v) is 10.4. The maximum atomic E-state index is 14.8. The van der Waals surface area contributed by atoms with Crippen molar-refractivity contribution < 1.29 is 29.0 Å². The first kappa shape index (κ1) is 31.2. The van der Waals surface area contributed by atoms with Crippen LogP contribution in [0.4, 0.5) is 17.1 Å². The lowest BCUT2D eigenvalue weighted by Gasteiger charge is -2.33. The van der Waals surface area contributed by atoms with Crippen LogP contribution in [0.15, 0.2) is 78.9 Å². The van der Waals surface area contributed by atoms with Gasteiger partial charge in [-0.25, -0.2) is 0 Å². The smallest absolute Gasteiger partial charge is 0.264 e. The number of para-hydroxylation sites is 1. The van der Waals surface area contributed by atoms with E-state index in [1.807, 2.05) is 98.9 Å². The predicted molar refractivity (Wildman–Crippen MR) is 174 cm³/mol. The summed E-state index contributed by atoms with van der Waals surface area (Å²) < 4.78 is 6.91. The Labute approximate surface area is 265 Å². The minimum Gasteiger partial charge on any atom is -0.432 e. The Balaban J connectivity index is 1.45. The van der Waals surface area contributed by atoms with E-state index in [1.165, 1.54) is 4.90 Å². The molecule has 2 fully saturated rings. The van der Waals surface area contributed by atoms with Crippen molar-refractivity contribution in [2.75, 3.05) is 23.0 Å². The molecule has 5 atom stereocenters. The number of carbonyl (C=O) groups excluding carboxylic acids is 3. The number of fused-ring (bicyclic) bond motifs is 2. The number of rotatable bonds is 9. The molecule has 2 saturated heterocycles. The molecule has 3 heterocycles. The van der Waals surface area contributed by atoms with Gasteiger partial charge < -0.3 is 24.4 Å². The highest BCUT2D eigenvalue weighted by Crippen LogP contribution is 2.60. The minimum absolute atomic E-state index is 0.00964. The van der Waals surface area contributed by atoms with E-state index in [1.54, 1.807) is 9.80 Å². The number of anilines is 3. The summed E-state index contributed by atoms with van der Waals surface area (Å²) in [6.07, 6.45) is 1.63. The average Bonchev–Trinajstić information content (AvgIpc) is 3.69. The Morgan fingerprint density at radius 1 is 1.07 bits per heavy atom. The van der Waals surface area contributed by atoms with Crippen molar-refractivity contribution in [1.82, 2.24) is 4.90 Å². The van der Waals surface area contributed by atoms with Gasteiger partial charge in [-0.3, -0.25) is 19.3 Å². The molecule has 0 bridgehead atoms. The van der Waals surface area contributed by atoms with Gasteiger partial charge in [-0.15, -0.1) is 0 Å². The van der Waals surface area contributed by atoms with Crippen LogP contribution < -0.4 is 9.80 Å². The molecule has 0 saturated carbocycles. The second kappa shape index (κ2) is 12.2. The highest BCUT2D eigenvalue weighted by Gasteiger charge is 2.66. The van der Waals surface area contributed by atoms with Crippen LogP contribution in [0.3, 0.4) is 0 Å². The molecule has 3 aliphatic rings. The highest BCUT2D eigenvalue weighted by molar-refractivity contribution is 6.71. The first-order valence-corrected chi connectivity index (χ1v) is 18.7. The van der Waals surface area contributed by atoms with Crippen LogP contribution in [0.2, 0.25) is 18.6 Å². The zero-order valence-electron chi connectivity index (χ0n) is 26.0. The van der Waals surface area contributed by atoms with E-state index in [0.29, 0.717) is 35.7 Å². The lowest BCUT2D eigenvalue weighted by atomic mass is 9.82. The lowest BCUT2D eigenvalue weighted by Crippen LogP contribution is -2.46. The normalized spacial score (nSPS) is 26.0. The molecule has 10 heteroatoms. The van der Waals surface area contributed by atoms with Crippen LogP contribution in [0.5, 0.6) is 0 Å². The van der Waals surface area contributed by atoms with E-state index in [4.69, 9.17) is 4.74 Å². The largest absolute Gasteiger partial charge is 0.432 e. The molecule has 0 radical (unpaired) electrons. The van der Waals surface area contributed by atoms with Crippen molar-refractivity contribution in [3.63, 3.8) is 0 Å². The van der Waals surface area contributed by atoms with Gasteiger partial charge in [-0.1, -0.05) is 55.5 Å². The van der Waals surface area contributed by atoms with Crippen LogP contribution in [-0.2, 0) is 31.3 Å². The minimum atomic E-state index is -3.00. The number of aliphatic hydroxyl groups excluding tert-OH is 1. The second-order valence-corrected chi connectivity index (χ2v) is 17.0. The number of carbonyl (C=O) groups is 3. The average molecular weight is 628 g/mol. The molecule has 3 aliphatic heterocycles. The zero-order chi connectivity index (χ0) is 31.9. The van der Waals surface area contributed by atoms with Crippen LogP contribution >= 0.6 is 0 Å². The van der Waals surface area contributed by atoms with E-state index in [2.05, 4.69) is 0 Å². The molecule has 45 heavy (non-hydrogen) atoms. The monoisotopic (exact) mass is 627 g/mol. The molecule has 3 aromatic rings. The molecule has 2 N–H and O–H groups in total. The van der Waals surface area contributed by atoms with Gasteiger partial charge in [0.25, 0.3) is 5.91 Å². The molecule has 236 valence electrons. The van der Waals surface area contributed by atoms with Crippen molar-refractivity contribution in [2.45, 2.75) is 69.1 Å². The second-order valence-electron chi connectivity index (χ2n) is 13.0. The predicted octanol–water partition coefficient (Wildman–Crippen LogP) is 4.70. The Hall–Kier alpha value is -3.83. The summed E-state index contributed by atoms with van der Waals surface area (Å²) >= 11 is 0. The molecule has 0 unspecified atom stereocenters. The number of aliphatic hydroxyl groups is 1. The number of hydrogen-bond donors (Lipinski definition) is 2. The molecule has 9 nitrogen and oxygen atoms in total. The number of amides is 3. The van der Waals surface area contributed by atoms with E-state index in [-0.39, 0.29) is 30.9 Å². The maximum absolute atomic E-state index is 14.8. The summed E-state index contributed by atoms with van der Waals surface area (Å²) in [6, 6.07) is 24.3. The van der Waals surface area contributed by atoms with E-state index >= 15 is 0 Å². The highest BCUT2D eigenvalue weighted by atomic mass is 28.4. The molecule has 0 aliphatic carbocycles. The SMILES string of the molecule is C[C@@H]1[C@@H]([Si](C)(C)O)[C@H](CC(=O)N2CCC[C@H]2CO)O[C@@]12C(=O)N(Cc1ccccc1)c1ccc(N(C=O)c3ccccc3)cc12. The summed E-state index contributed by atoms with van der Waals surface area (Å²) in [5.74, 6) is -0.838. The Morgan fingerprint density at radius 3 is 2.40 bits per heavy atom. The summed E-state index contributed by atoms with van der Waals surface area (Å²) in [6.45, 7) is 6.41. The van der Waals surface area contributed by atoms with Crippen LogP contribution in [0.25, 0.3) is 0 Å². The molecule has 0 aromatic heterocycles. The third kappa shape index (κ3) is 5.39. The van der Waals surface area contributed by atoms with Crippen LogP contribution in [-0.4, -0.2) is 66.6 Å². The first-order valence-electron chi connectivity index (χ1n) is 15.7. The van der Waals surface area contributed by atoms with Gasteiger partial charge in [0.05, 0.1) is 37.4 Å². The number of ether oxygens (including phenoxy) is 1. The van der Waals surface area contributed by atoms with E-state index < -0.39 is 31.5 Å². The van der Waals surface area contributed by atoms with Crippen molar-refractivity contribution >= 4 is 43.6 Å². The van der Waals surface area contributed by atoms with Crippen molar-refractivity contribution in [3.05, 3.63) is 90.0 Å². The van der Waals surface area contributed by atoms with Crippen LogP contribution in [0.1, 0.15) is 37.3 Å². The van der Waals surface area contributed by atoms with Gasteiger partial charge in [0.2, 0.25) is 12.3 Å². The fourth-order valence-electron chi connectivity index (χ4n) is 7.84. The molecule has 1 spiro atoms. The Kier molecular flexibility index (Phi) is 8.42. The van der Waals surface area contributed by atoms with Gasteiger partial charge in [-0.05, 0) is 61.8 Å². The Morgan fingerprint density at radius 2 is 1.76 bits per heavy atom. The standard InChI is InChI=1S/C35H41N3O6Si/c1-24-33(45(2,3)43)31(20-32(41)36-18-10-15-28(36)22-39)44-35(24)29-19-27(38(23-40)26-13-8-5-9-14-26)16-17-30(29)37(34(35)42)21-25-11-6-4-7-12-25/h4-9,11-14,16-17,19,23-24,28,31,33,39,43H,10,15,18,20-22H2,1-3H3/t24-,28+,31+,33-,35+/m1/s1. The zero-order valence-corrected chi connectivity index (χ0v) is 27.0.